The van der Waals surface area contributed by atoms with E-state index in [1.165, 1.54) is 83.5 Å². The fourth-order valence-electron chi connectivity index (χ4n) is 5.95. The Morgan fingerprint density at radius 2 is 1.08 bits per heavy atom. The SMILES string of the molecule is CCCCCCC/C=C\CCCCCCCC(=O)OC(COC(=O)CCCCCCCCCCCC)COC1OC(CO)C(O)C(O)C1O. The monoisotopic (exact) mass is 701 g/mol. The summed E-state index contributed by atoms with van der Waals surface area (Å²) >= 11 is 0. The maximum atomic E-state index is 12.7. The van der Waals surface area contributed by atoms with E-state index in [2.05, 4.69) is 26.0 Å². The second kappa shape index (κ2) is 31.2. The smallest absolute Gasteiger partial charge is 0.306 e. The Hall–Kier alpha value is -1.56. The van der Waals surface area contributed by atoms with E-state index in [1.54, 1.807) is 0 Å². The number of esters is 2. The van der Waals surface area contributed by atoms with Crippen LogP contribution >= 0.6 is 0 Å². The molecule has 6 unspecified atom stereocenters. The topological polar surface area (TPSA) is 152 Å². The molecule has 288 valence electrons. The third-order valence-corrected chi connectivity index (χ3v) is 9.15. The molecule has 1 rings (SSSR count). The minimum atomic E-state index is -1.59. The first kappa shape index (κ1) is 45.5. The Morgan fingerprint density at radius 1 is 0.612 bits per heavy atom. The zero-order valence-electron chi connectivity index (χ0n) is 30.9. The summed E-state index contributed by atoms with van der Waals surface area (Å²) in [7, 11) is 0. The van der Waals surface area contributed by atoms with Crippen molar-refractivity contribution in [1.29, 1.82) is 0 Å². The Morgan fingerprint density at radius 3 is 1.59 bits per heavy atom. The van der Waals surface area contributed by atoms with Crippen LogP contribution < -0.4 is 0 Å². The van der Waals surface area contributed by atoms with E-state index >= 15 is 0 Å². The van der Waals surface area contributed by atoms with Crippen molar-refractivity contribution in [2.45, 2.75) is 205 Å². The lowest BCUT2D eigenvalue weighted by Crippen LogP contribution is -2.59. The largest absolute Gasteiger partial charge is 0.462 e. The van der Waals surface area contributed by atoms with Crippen LogP contribution in [0.25, 0.3) is 0 Å². The molecular weight excluding hydrogens is 628 g/mol. The van der Waals surface area contributed by atoms with Crippen molar-refractivity contribution in [2.24, 2.45) is 0 Å². The highest BCUT2D eigenvalue weighted by atomic mass is 16.7. The van der Waals surface area contributed by atoms with Gasteiger partial charge in [0.25, 0.3) is 0 Å². The van der Waals surface area contributed by atoms with Crippen LogP contribution in [0.1, 0.15) is 168 Å². The van der Waals surface area contributed by atoms with Crippen LogP contribution in [0.5, 0.6) is 0 Å². The van der Waals surface area contributed by atoms with Gasteiger partial charge < -0.3 is 39.4 Å². The molecular formula is C39H72O10. The molecule has 6 atom stereocenters. The predicted octanol–water partition coefficient (Wildman–Crippen LogP) is 7.22. The maximum Gasteiger partial charge on any atom is 0.306 e. The normalized spacial score (nSPS) is 21.6. The molecule has 10 nitrogen and oxygen atoms in total. The summed E-state index contributed by atoms with van der Waals surface area (Å²) in [5.41, 5.74) is 0. The third-order valence-electron chi connectivity index (χ3n) is 9.15. The fraction of sp³-hybridized carbons (Fsp3) is 0.897. The van der Waals surface area contributed by atoms with Gasteiger partial charge in [0.15, 0.2) is 12.4 Å². The van der Waals surface area contributed by atoms with E-state index in [0.29, 0.717) is 6.42 Å². The molecule has 1 aliphatic heterocycles. The van der Waals surface area contributed by atoms with Gasteiger partial charge in [-0.25, -0.2) is 0 Å². The standard InChI is InChI=1S/C39H72O10/c1-3-5-7-9-11-13-15-16-17-18-20-22-24-26-28-35(42)48-32(31-47-39-38(45)37(44)36(43)33(29-40)49-39)30-46-34(41)27-25-23-21-19-14-12-10-8-6-4-2/h15-16,32-33,36-40,43-45H,3-14,17-31H2,1-2H3/b16-15-. The molecule has 0 aromatic carbocycles. The summed E-state index contributed by atoms with van der Waals surface area (Å²) < 4.78 is 22.0. The number of carbonyl (C=O) groups excluding carboxylic acids is 2. The average Bonchev–Trinajstić information content (AvgIpc) is 3.10. The highest BCUT2D eigenvalue weighted by Crippen LogP contribution is 2.22. The highest BCUT2D eigenvalue weighted by Gasteiger charge is 2.44. The number of aliphatic hydroxyl groups excluding tert-OH is 4. The van der Waals surface area contributed by atoms with Gasteiger partial charge in [-0.3, -0.25) is 9.59 Å². The molecule has 1 fully saturated rings. The second-order valence-corrected chi connectivity index (χ2v) is 13.7. The van der Waals surface area contributed by atoms with Crippen molar-refractivity contribution in [3.63, 3.8) is 0 Å². The summed E-state index contributed by atoms with van der Waals surface area (Å²) in [5.74, 6) is -0.815. The van der Waals surface area contributed by atoms with Gasteiger partial charge in [0.2, 0.25) is 0 Å². The van der Waals surface area contributed by atoms with E-state index in [0.717, 1.165) is 51.4 Å². The molecule has 49 heavy (non-hydrogen) atoms. The van der Waals surface area contributed by atoms with Crippen molar-refractivity contribution in [3.8, 4) is 0 Å². The Balaban J connectivity index is 2.39. The molecule has 4 N–H and O–H groups in total. The summed E-state index contributed by atoms with van der Waals surface area (Å²) in [6.45, 7) is 3.38. The van der Waals surface area contributed by atoms with Gasteiger partial charge in [-0.05, 0) is 38.5 Å². The summed E-state index contributed by atoms with van der Waals surface area (Å²) in [6.07, 6.45) is 22.2. The molecule has 10 heteroatoms. The van der Waals surface area contributed by atoms with Crippen molar-refractivity contribution < 1.29 is 49.0 Å². The first-order chi connectivity index (χ1) is 23.8. The number of aliphatic hydroxyl groups is 4. The van der Waals surface area contributed by atoms with Gasteiger partial charge in [-0.15, -0.1) is 0 Å². The van der Waals surface area contributed by atoms with Gasteiger partial charge in [0.1, 0.15) is 31.0 Å². The lowest BCUT2D eigenvalue weighted by Gasteiger charge is -2.39. The number of rotatable bonds is 32. The lowest BCUT2D eigenvalue weighted by molar-refractivity contribution is -0.305. The molecule has 0 aromatic heterocycles. The van der Waals surface area contributed by atoms with Crippen molar-refractivity contribution >= 4 is 11.9 Å². The van der Waals surface area contributed by atoms with Gasteiger partial charge in [-0.2, -0.15) is 0 Å². The van der Waals surface area contributed by atoms with Crippen LogP contribution in [0.15, 0.2) is 12.2 Å². The van der Waals surface area contributed by atoms with Crippen molar-refractivity contribution in [3.05, 3.63) is 12.2 Å². The van der Waals surface area contributed by atoms with E-state index in [4.69, 9.17) is 18.9 Å². The lowest BCUT2D eigenvalue weighted by atomic mass is 9.99. The first-order valence-electron chi connectivity index (χ1n) is 19.8. The summed E-state index contributed by atoms with van der Waals surface area (Å²) in [6, 6.07) is 0. The molecule has 1 aliphatic rings. The zero-order valence-corrected chi connectivity index (χ0v) is 30.9. The predicted molar refractivity (Wildman–Crippen MR) is 192 cm³/mol. The molecule has 0 radical (unpaired) electrons. The summed E-state index contributed by atoms with van der Waals surface area (Å²) in [4.78, 5) is 25.1. The van der Waals surface area contributed by atoms with Crippen LogP contribution in [-0.4, -0.2) is 89.0 Å². The number of hydrogen-bond acceptors (Lipinski definition) is 10. The van der Waals surface area contributed by atoms with Gasteiger partial charge >= 0.3 is 11.9 Å². The van der Waals surface area contributed by atoms with Crippen molar-refractivity contribution in [1.82, 2.24) is 0 Å². The Bertz CT molecular complexity index is 820. The molecule has 0 amide bonds. The molecule has 1 heterocycles. The summed E-state index contributed by atoms with van der Waals surface area (Å²) in [5, 5.41) is 39.9. The first-order valence-corrected chi connectivity index (χ1v) is 19.8. The number of unbranched alkanes of at least 4 members (excludes halogenated alkanes) is 19. The minimum absolute atomic E-state index is 0.216. The molecule has 0 aliphatic carbocycles. The Kier molecular flexibility index (Phi) is 28.9. The zero-order chi connectivity index (χ0) is 36.0. The highest BCUT2D eigenvalue weighted by molar-refractivity contribution is 5.70. The van der Waals surface area contributed by atoms with E-state index in [1.807, 2.05) is 0 Å². The van der Waals surface area contributed by atoms with Crippen LogP contribution in [0.3, 0.4) is 0 Å². The van der Waals surface area contributed by atoms with Crippen LogP contribution in [0, 0.1) is 0 Å². The van der Waals surface area contributed by atoms with Gasteiger partial charge in [-0.1, -0.05) is 129 Å². The average molecular weight is 701 g/mol. The Labute approximate surface area is 297 Å². The third kappa shape index (κ3) is 23.5. The second-order valence-electron chi connectivity index (χ2n) is 13.7. The van der Waals surface area contributed by atoms with Gasteiger partial charge in [0, 0.05) is 12.8 Å². The number of carbonyl (C=O) groups is 2. The molecule has 0 spiro atoms. The van der Waals surface area contributed by atoms with Crippen molar-refractivity contribution in [2.75, 3.05) is 19.8 Å². The van der Waals surface area contributed by atoms with E-state index in [-0.39, 0.29) is 32.0 Å². The number of ether oxygens (including phenoxy) is 4. The number of hydrogen-bond donors (Lipinski definition) is 4. The fourth-order valence-corrected chi connectivity index (χ4v) is 5.95. The quantitative estimate of drug-likeness (QED) is 0.0322. The molecule has 0 bridgehead atoms. The van der Waals surface area contributed by atoms with Crippen LogP contribution in [-0.2, 0) is 28.5 Å². The minimum Gasteiger partial charge on any atom is -0.462 e. The molecule has 0 saturated carbocycles. The van der Waals surface area contributed by atoms with Crippen LogP contribution in [0.2, 0.25) is 0 Å². The molecule has 0 aromatic rings. The molecule has 1 saturated heterocycles. The number of allylic oxidation sites excluding steroid dienone is 2. The van der Waals surface area contributed by atoms with E-state index in [9.17, 15) is 30.0 Å². The van der Waals surface area contributed by atoms with Crippen LogP contribution in [0.4, 0.5) is 0 Å². The van der Waals surface area contributed by atoms with E-state index < -0.39 is 49.4 Å². The maximum absolute atomic E-state index is 12.7. The van der Waals surface area contributed by atoms with Gasteiger partial charge in [0.05, 0.1) is 13.2 Å².